The second kappa shape index (κ2) is 4.93. The first kappa shape index (κ1) is 12.8. The summed E-state index contributed by atoms with van der Waals surface area (Å²) in [6, 6.07) is 9.52. The largest absolute Gasteiger partial charge is 0.294 e. The van der Waals surface area contributed by atoms with Gasteiger partial charge in [-0.3, -0.25) is 4.79 Å². The molecule has 0 heterocycles. The van der Waals surface area contributed by atoms with E-state index in [2.05, 4.69) is 39.0 Å². The topological polar surface area (TPSA) is 17.1 Å². The molecule has 0 saturated heterocycles. The normalized spacial score (nSPS) is 18.8. The molecule has 0 aromatic heterocycles. The van der Waals surface area contributed by atoms with Crippen LogP contribution in [0.3, 0.4) is 0 Å². The molecule has 1 nitrogen and oxygen atoms in total. The van der Waals surface area contributed by atoms with E-state index < -0.39 is 0 Å². The lowest BCUT2D eigenvalue weighted by Gasteiger charge is -2.18. The molecule has 0 radical (unpaired) electrons. The van der Waals surface area contributed by atoms with Crippen molar-refractivity contribution in [2.45, 2.75) is 27.2 Å². The van der Waals surface area contributed by atoms with Crippen LogP contribution in [0.25, 0.3) is 0 Å². The molecular weight excluding hydrogens is 220 g/mol. The van der Waals surface area contributed by atoms with Gasteiger partial charge in [-0.15, -0.1) is 0 Å². The number of Topliss-reactive ketones (excluding diaryl/α,β-unsaturated/α-hetero) is 1. The third-order valence-corrected chi connectivity index (χ3v) is 3.30. The minimum atomic E-state index is 0.168. The Bertz CT molecular complexity index is 486. The van der Waals surface area contributed by atoms with Crippen LogP contribution in [0, 0.1) is 11.3 Å². The van der Waals surface area contributed by atoms with Crippen molar-refractivity contribution in [3.8, 4) is 0 Å². The Hall–Kier alpha value is -1.63. The Morgan fingerprint density at radius 3 is 2.39 bits per heavy atom. The fourth-order valence-corrected chi connectivity index (χ4v) is 2.15. The molecule has 18 heavy (non-hydrogen) atoms. The molecule has 1 atom stereocenters. The summed E-state index contributed by atoms with van der Waals surface area (Å²) < 4.78 is 0. The highest BCUT2D eigenvalue weighted by molar-refractivity contribution is 5.96. The Labute approximate surface area is 109 Å². The van der Waals surface area contributed by atoms with E-state index in [4.69, 9.17) is 0 Å². The summed E-state index contributed by atoms with van der Waals surface area (Å²) in [5, 5.41) is 0. The molecule has 0 aliphatic heterocycles. The van der Waals surface area contributed by atoms with E-state index in [0.717, 1.165) is 5.56 Å². The van der Waals surface area contributed by atoms with Crippen LogP contribution >= 0.6 is 0 Å². The van der Waals surface area contributed by atoms with Gasteiger partial charge in [-0.2, -0.15) is 0 Å². The van der Waals surface area contributed by atoms with Crippen molar-refractivity contribution in [3.63, 3.8) is 0 Å². The maximum atomic E-state index is 12.1. The molecule has 1 aromatic carbocycles. The van der Waals surface area contributed by atoms with Gasteiger partial charge in [0.1, 0.15) is 0 Å². The molecular formula is C17H20O. The Balaban J connectivity index is 2.03. The van der Waals surface area contributed by atoms with E-state index in [1.165, 1.54) is 5.57 Å². The van der Waals surface area contributed by atoms with E-state index in [-0.39, 0.29) is 17.1 Å². The minimum Gasteiger partial charge on any atom is -0.294 e. The fraction of sp³-hybridized carbons (Fsp3) is 0.353. The lowest BCUT2D eigenvalue weighted by atomic mass is 9.87. The zero-order valence-electron chi connectivity index (χ0n) is 11.3. The van der Waals surface area contributed by atoms with Crippen LogP contribution in [0.5, 0.6) is 0 Å². The van der Waals surface area contributed by atoms with Crippen LogP contribution in [0.2, 0.25) is 0 Å². The Morgan fingerprint density at radius 2 is 1.83 bits per heavy atom. The quantitative estimate of drug-likeness (QED) is 0.715. The molecule has 0 bridgehead atoms. The predicted octanol–water partition coefficient (Wildman–Crippen LogP) is 4.42. The molecule has 94 valence electrons. The van der Waals surface area contributed by atoms with Crippen LogP contribution in [-0.2, 0) is 0 Å². The average Bonchev–Trinajstić information content (AvgIpc) is 2.78. The summed E-state index contributed by atoms with van der Waals surface area (Å²) in [5.74, 6) is 0.476. The molecule has 0 fully saturated rings. The van der Waals surface area contributed by atoms with Gasteiger partial charge in [0.05, 0.1) is 0 Å². The van der Waals surface area contributed by atoms with Crippen LogP contribution in [0.15, 0.2) is 54.1 Å². The van der Waals surface area contributed by atoms with Gasteiger partial charge in [-0.05, 0) is 11.0 Å². The second-order valence-electron chi connectivity index (χ2n) is 5.89. The molecule has 0 spiro atoms. The first-order valence-corrected chi connectivity index (χ1v) is 6.45. The van der Waals surface area contributed by atoms with E-state index in [1.54, 1.807) is 0 Å². The van der Waals surface area contributed by atoms with Gasteiger partial charge >= 0.3 is 0 Å². The maximum Gasteiger partial charge on any atom is 0.163 e. The lowest BCUT2D eigenvalue weighted by Crippen LogP contribution is -2.07. The molecule has 0 N–H and O–H groups in total. The molecule has 1 aliphatic carbocycles. The molecule has 0 saturated carbocycles. The van der Waals surface area contributed by atoms with Crippen molar-refractivity contribution in [1.82, 2.24) is 0 Å². The molecule has 1 heteroatoms. The minimum absolute atomic E-state index is 0.168. The number of ketones is 1. The number of benzene rings is 1. The van der Waals surface area contributed by atoms with Gasteiger partial charge in [0.2, 0.25) is 0 Å². The summed E-state index contributed by atoms with van der Waals surface area (Å²) in [4.78, 5) is 12.1. The zero-order chi connectivity index (χ0) is 13.2. The van der Waals surface area contributed by atoms with Crippen molar-refractivity contribution in [2.24, 2.45) is 11.3 Å². The van der Waals surface area contributed by atoms with Gasteiger partial charge in [0.15, 0.2) is 5.78 Å². The number of carbonyl (C=O) groups is 1. The molecule has 1 unspecified atom stereocenters. The number of rotatable bonds is 3. The van der Waals surface area contributed by atoms with E-state index in [1.807, 2.05) is 30.3 Å². The molecule has 1 aliphatic rings. The summed E-state index contributed by atoms with van der Waals surface area (Å²) in [6.45, 7) is 6.60. The van der Waals surface area contributed by atoms with Gasteiger partial charge in [-0.1, -0.05) is 69.3 Å². The summed E-state index contributed by atoms with van der Waals surface area (Å²) in [5.41, 5.74) is 2.30. The zero-order valence-corrected chi connectivity index (χ0v) is 11.3. The maximum absolute atomic E-state index is 12.1. The first-order valence-electron chi connectivity index (χ1n) is 6.45. The van der Waals surface area contributed by atoms with Crippen molar-refractivity contribution in [3.05, 3.63) is 59.7 Å². The second-order valence-corrected chi connectivity index (χ2v) is 5.89. The van der Waals surface area contributed by atoms with Crippen LogP contribution in [0.1, 0.15) is 37.6 Å². The summed E-state index contributed by atoms with van der Waals surface area (Å²) in [7, 11) is 0. The number of carbonyl (C=O) groups excluding carboxylic acids is 1. The van der Waals surface area contributed by atoms with Crippen LogP contribution in [0.4, 0.5) is 0 Å². The van der Waals surface area contributed by atoms with Gasteiger partial charge in [0.25, 0.3) is 0 Å². The third kappa shape index (κ3) is 2.98. The summed E-state index contributed by atoms with van der Waals surface area (Å²) in [6.07, 6.45) is 7.09. The fourth-order valence-electron chi connectivity index (χ4n) is 2.15. The number of hydrogen-bond acceptors (Lipinski definition) is 1. The van der Waals surface area contributed by atoms with Gasteiger partial charge in [-0.25, -0.2) is 0 Å². The van der Waals surface area contributed by atoms with Crippen LogP contribution < -0.4 is 0 Å². The lowest BCUT2D eigenvalue weighted by molar-refractivity contribution is 0.0975. The molecule has 1 aromatic rings. The number of hydrogen-bond donors (Lipinski definition) is 0. The summed E-state index contributed by atoms with van der Waals surface area (Å²) >= 11 is 0. The average molecular weight is 240 g/mol. The van der Waals surface area contributed by atoms with E-state index >= 15 is 0 Å². The van der Waals surface area contributed by atoms with Crippen molar-refractivity contribution < 1.29 is 4.79 Å². The van der Waals surface area contributed by atoms with Crippen molar-refractivity contribution >= 4 is 5.78 Å². The van der Waals surface area contributed by atoms with E-state index in [0.29, 0.717) is 6.42 Å². The smallest absolute Gasteiger partial charge is 0.163 e. The van der Waals surface area contributed by atoms with Crippen molar-refractivity contribution in [1.29, 1.82) is 0 Å². The molecule has 0 amide bonds. The number of allylic oxidation sites excluding steroid dienone is 4. The van der Waals surface area contributed by atoms with Gasteiger partial charge < -0.3 is 0 Å². The highest BCUT2D eigenvalue weighted by Gasteiger charge is 2.21. The predicted molar refractivity (Wildman–Crippen MR) is 75.6 cm³/mol. The standard InChI is InChI=1S/C17H20O/c1-17(2,3)15-10-9-13(11-15)12-16(18)14-7-5-4-6-8-14/h4-11,13H,12H2,1-3H3. The molecule has 2 rings (SSSR count). The van der Waals surface area contributed by atoms with Crippen LogP contribution in [-0.4, -0.2) is 5.78 Å². The highest BCUT2D eigenvalue weighted by atomic mass is 16.1. The third-order valence-electron chi connectivity index (χ3n) is 3.30. The Kier molecular flexibility index (Phi) is 3.51. The Morgan fingerprint density at radius 1 is 1.17 bits per heavy atom. The van der Waals surface area contributed by atoms with Crippen molar-refractivity contribution in [2.75, 3.05) is 0 Å². The first-order chi connectivity index (χ1) is 8.47. The van der Waals surface area contributed by atoms with E-state index in [9.17, 15) is 4.79 Å². The monoisotopic (exact) mass is 240 g/mol. The SMILES string of the molecule is CC(C)(C)C1=CC(CC(=O)c2ccccc2)C=C1. The van der Waals surface area contributed by atoms with Gasteiger partial charge in [0, 0.05) is 17.9 Å². The highest BCUT2D eigenvalue weighted by Crippen LogP contribution is 2.33.